The molecule has 0 spiro atoms. The third-order valence-corrected chi connectivity index (χ3v) is 5.50. The average molecular weight is 276 g/mol. The normalized spacial score (nSPS) is 24.3. The molecule has 1 saturated carbocycles. The van der Waals surface area contributed by atoms with Crippen LogP contribution >= 0.6 is 0 Å². The summed E-state index contributed by atoms with van der Waals surface area (Å²) in [5, 5.41) is 0. The second kappa shape index (κ2) is 5.86. The van der Waals surface area contributed by atoms with Crippen LogP contribution in [0.5, 0.6) is 0 Å². The van der Waals surface area contributed by atoms with Gasteiger partial charge in [0.1, 0.15) is 5.82 Å². The summed E-state index contributed by atoms with van der Waals surface area (Å²) >= 11 is 0. The number of nitrogens with zero attached hydrogens (tertiary/aromatic N) is 3. The summed E-state index contributed by atoms with van der Waals surface area (Å²) in [6, 6.07) is 0.291. The molecule has 1 atom stereocenters. The minimum Gasteiger partial charge on any atom is -0.338 e. The van der Waals surface area contributed by atoms with Gasteiger partial charge in [-0.15, -0.1) is 0 Å². The molecule has 1 saturated heterocycles. The van der Waals surface area contributed by atoms with Crippen molar-refractivity contribution in [2.24, 2.45) is 12.8 Å². The fraction of sp³-hybridized carbons (Fsp3) is 0.812. The van der Waals surface area contributed by atoms with Crippen molar-refractivity contribution >= 4 is 0 Å². The van der Waals surface area contributed by atoms with Crippen LogP contribution in [0.25, 0.3) is 0 Å². The fourth-order valence-corrected chi connectivity index (χ4v) is 4.26. The van der Waals surface area contributed by atoms with Gasteiger partial charge >= 0.3 is 0 Å². The van der Waals surface area contributed by atoms with Crippen molar-refractivity contribution in [3.05, 3.63) is 18.2 Å². The fourth-order valence-electron chi connectivity index (χ4n) is 4.26. The number of nitrogens with two attached hydrogens (primary N) is 1. The Hall–Kier alpha value is -0.870. The predicted octanol–water partition coefficient (Wildman–Crippen LogP) is 2.09. The van der Waals surface area contributed by atoms with E-state index in [1.165, 1.54) is 51.6 Å². The Bertz CT molecular complexity index is 427. The molecule has 4 heteroatoms. The number of aryl methyl sites for hydroxylation is 2. The number of imidazole rings is 1. The molecule has 2 N–H and O–H groups in total. The van der Waals surface area contributed by atoms with Crippen LogP contribution in [0.15, 0.2) is 12.4 Å². The Kier molecular flexibility index (Phi) is 4.13. The molecule has 2 heterocycles. The molecule has 0 bridgehead atoms. The zero-order valence-electron chi connectivity index (χ0n) is 12.7. The van der Waals surface area contributed by atoms with Crippen LogP contribution in [0.4, 0.5) is 0 Å². The molecule has 1 aliphatic heterocycles. The van der Waals surface area contributed by atoms with E-state index in [2.05, 4.69) is 21.5 Å². The lowest BCUT2D eigenvalue weighted by Gasteiger charge is -2.43. The maximum absolute atomic E-state index is 6.68. The van der Waals surface area contributed by atoms with Gasteiger partial charge in [-0.05, 0) is 45.2 Å². The Morgan fingerprint density at radius 3 is 2.55 bits per heavy atom. The van der Waals surface area contributed by atoms with E-state index in [0.29, 0.717) is 11.6 Å². The Balaban J connectivity index is 1.66. The van der Waals surface area contributed by atoms with Crippen molar-refractivity contribution in [2.75, 3.05) is 13.1 Å². The molecule has 0 amide bonds. The molecule has 1 unspecified atom stereocenters. The lowest BCUT2D eigenvalue weighted by atomic mass is 9.84. The Labute approximate surface area is 122 Å². The molecule has 3 rings (SSSR count). The third-order valence-electron chi connectivity index (χ3n) is 5.50. The van der Waals surface area contributed by atoms with Crippen LogP contribution in [0.1, 0.15) is 50.8 Å². The van der Waals surface area contributed by atoms with E-state index < -0.39 is 0 Å². The van der Waals surface area contributed by atoms with Crippen LogP contribution in [0.3, 0.4) is 0 Å². The highest BCUT2D eigenvalue weighted by molar-refractivity contribution is 5.04. The van der Waals surface area contributed by atoms with Crippen molar-refractivity contribution in [3.8, 4) is 0 Å². The standard InChI is InChI=1S/C16H28N4/c1-19-13-10-18-15(19)7-6-14(17)16(8-2-3-9-16)20-11-4-5-12-20/h10,13-14H,2-9,11-12,17H2,1H3. The highest BCUT2D eigenvalue weighted by atomic mass is 15.2. The van der Waals surface area contributed by atoms with Crippen LogP contribution in [0, 0.1) is 0 Å². The summed E-state index contributed by atoms with van der Waals surface area (Å²) in [6.07, 6.45) is 14.0. The van der Waals surface area contributed by atoms with E-state index in [1.54, 1.807) is 0 Å². The zero-order chi connectivity index (χ0) is 14.0. The molecule has 1 aromatic rings. The molecule has 20 heavy (non-hydrogen) atoms. The molecule has 4 nitrogen and oxygen atoms in total. The largest absolute Gasteiger partial charge is 0.338 e. The molecule has 2 aliphatic rings. The Morgan fingerprint density at radius 1 is 1.25 bits per heavy atom. The third kappa shape index (κ3) is 2.51. The smallest absolute Gasteiger partial charge is 0.108 e. The van der Waals surface area contributed by atoms with Crippen LogP contribution in [-0.2, 0) is 13.5 Å². The summed E-state index contributed by atoms with van der Waals surface area (Å²) < 4.78 is 2.11. The number of hydrogen-bond acceptors (Lipinski definition) is 3. The molecular weight excluding hydrogens is 248 g/mol. The van der Waals surface area contributed by atoms with Gasteiger partial charge in [-0.25, -0.2) is 4.98 Å². The van der Waals surface area contributed by atoms with Gasteiger partial charge < -0.3 is 10.3 Å². The first-order valence-corrected chi connectivity index (χ1v) is 8.19. The first-order chi connectivity index (χ1) is 9.72. The number of rotatable bonds is 5. The van der Waals surface area contributed by atoms with Gasteiger partial charge in [0.2, 0.25) is 0 Å². The van der Waals surface area contributed by atoms with E-state index in [9.17, 15) is 0 Å². The second-order valence-corrected chi connectivity index (χ2v) is 6.60. The van der Waals surface area contributed by atoms with Crippen molar-refractivity contribution in [2.45, 2.75) is 62.9 Å². The zero-order valence-corrected chi connectivity index (χ0v) is 12.7. The minimum absolute atomic E-state index is 0.291. The second-order valence-electron chi connectivity index (χ2n) is 6.60. The Morgan fingerprint density at radius 2 is 1.95 bits per heavy atom. The highest BCUT2D eigenvalue weighted by Gasteiger charge is 2.44. The maximum Gasteiger partial charge on any atom is 0.108 e. The average Bonchev–Trinajstić information content (AvgIpc) is 3.18. The van der Waals surface area contributed by atoms with Gasteiger partial charge in [0, 0.05) is 37.4 Å². The predicted molar refractivity (Wildman–Crippen MR) is 81.5 cm³/mol. The van der Waals surface area contributed by atoms with E-state index >= 15 is 0 Å². The van der Waals surface area contributed by atoms with E-state index in [1.807, 2.05) is 12.4 Å². The van der Waals surface area contributed by atoms with Gasteiger partial charge in [-0.3, -0.25) is 4.90 Å². The molecule has 0 aromatic carbocycles. The van der Waals surface area contributed by atoms with E-state index in [0.717, 1.165) is 18.7 Å². The molecule has 2 fully saturated rings. The lowest BCUT2D eigenvalue weighted by molar-refractivity contribution is 0.0887. The molecule has 1 aromatic heterocycles. The molecular formula is C16H28N4. The highest BCUT2D eigenvalue weighted by Crippen LogP contribution is 2.40. The summed E-state index contributed by atoms with van der Waals surface area (Å²) in [5.74, 6) is 1.16. The number of aromatic nitrogens is 2. The van der Waals surface area contributed by atoms with Crippen molar-refractivity contribution in [3.63, 3.8) is 0 Å². The van der Waals surface area contributed by atoms with Crippen LogP contribution in [-0.4, -0.2) is 39.1 Å². The van der Waals surface area contributed by atoms with E-state index in [-0.39, 0.29) is 0 Å². The summed E-state index contributed by atoms with van der Waals surface area (Å²) in [7, 11) is 2.07. The molecule has 1 aliphatic carbocycles. The summed E-state index contributed by atoms with van der Waals surface area (Å²) in [6.45, 7) is 2.52. The van der Waals surface area contributed by atoms with Gasteiger partial charge in [-0.1, -0.05) is 12.8 Å². The van der Waals surface area contributed by atoms with Crippen molar-refractivity contribution in [1.82, 2.24) is 14.5 Å². The van der Waals surface area contributed by atoms with Crippen molar-refractivity contribution < 1.29 is 0 Å². The van der Waals surface area contributed by atoms with Gasteiger partial charge in [0.15, 0.2) is 0 Å². The number of hydrogen-bond donors (Lipinski definition) is 1. The van der Waals surface area contributed by atoms with Crippen LogP contribution < -0.4 is 5.73 Å². The van der Waals surface area contributed by atoms with Gasteiger partial charge in [-0.2, -0.15) is 0 Å². The van der Waals surface area contributed by atoms with Gasteiger partial charge in [0.25, 0.3) is 0 Å². The summed E-state index contributed by atoms with van der Waals surface area (Å²) in [5.41, 5.74) is 6.98. The SMILES string of the molecule is Cn1ccnc1CCC(N)C1(N2CCCC2)CCCC1. The topological polar surface area (TPSA) is 47.1 Å². The van der Waals surface area contributed by atoms with Gasteiger partial charge in [0.05, 0.1) is 0 Å². The maximum atomic E-state index is 6.68. The minimum atomic E-state index is 0.291. The summed E-state index contributed by atoms with van der Waals surface area (Å²) in [4.78, 5) is 7.14. The molecule has 0 radical (unpaired) electrons. The first kappa shape index (κ1) is 14.1. The quantitative estimate of drug-likeness (QED) is 0.896. The first-order valence-electron chi connectivity index (χ1n) is 8.19. The van der Waals surface area contributed by atoms with E-state index in [4.69, 9.17) is 5.73 Å². The van der Waals surface area contributed by atoms with Crippen LogP contribution in [0.2, 0.25) is 0 Å². The molecule has 112 valence electrons. The lowest BCUT2D eigenvalue weighted by Crippen LogP contribution is -2.57. The monoisotopic (exact) mass is 276 g/mol. The van der Waals surface area contributed by atoms with Crippen molar-refractivity contribution in [1.29, 1.82) is 0 Å². The number of likely N-dealkylation sites (tertiary alicyclic amines) is 1.